The Morgan fingerprint density at radius 2 is 2.00 bits per heavy atom. The number of carboxylic acid groups (broad SMARTS) is 1. The summed E-state index contributed by atoms with van der Waals surface area (Å²) in [6.07, 6.45) is 4.14. The summed E-state index contributed by atoms with van der Waals surface area (Å²) in [7, 11) is 1.54. The van der Waals surface area contributed by atoms with Crippen LogP contribution < -0.4 is 10.6 Å². The predicted molar refractivity (Wildman–Crippen MR) is 96.2 cm³/mol. The number of hydrogen-bond acceptors (Lipinski definition) is 5. The number of fused-ring (bicyclic) bond motifs is 2. The molecule has 27 heavy (non-hydrogen) atoms. The highest BCUT2D eigenvalue weighted by Crippen LogP contribution is 2.52. The van der Waals surface area contributed by atoms with E-state index in [-0.39, 0.29) is 23.4 Å². The molecule has 0 aromatic carbocycles. The average molecular weight is 378 g/mol. The topological polar surface area (TPSA) is 123 Å². The Hall–Kier alpha value is -2.42. The Balaban J connectivity index is 1.76. The van der Waals surface area contributed by atoms with Gasteiger partial charge in [0.25, 0.3) is 5.91 Å². The molecule has 4 atom stereocenters. The highest BCUT2D eigenvalue weighted by atomic mass is 16.5. The summed E-state index contributed by atoms with van der Waals surface area (Å²) < 4.78 is 6.48. The van der Waals surface area contributed by atoms with Crippen LogP contribution in [-0.2, 0) is 20.9 Å². The van der Waals surface area contributed by atoms with Gasteiger partial charge in [-0.3, -0.25) is 19.1 Å². The molecule has 3 rings (SSSR count). The number of carbonyl (C=O) groups excluding carboxylic acids is 2. The Kier molecular flexibility index (Phi) is 5.79. The quantitative estimate of drug-likeness (QED) is 0.579. The van der Waals surface area contributed by atoms with Crippen LogP contribution in [0.3, 0.4) is 0 Å². The highest BCUT2D eigenvalue weighted by molar-refractivity contribution is 6.03. The van der Waals surface area contributed by atoms with Crippen LogP contribution in [0.15, 0.2) is 6.20 Å². The summed E-state index contributed by atoms with van der Waals surface area (Å²) in [5.74, 6) is -2.70. The summed E-state index contributed by atoms with van der Waals surface area (Å²) in [6, 6.07) is 0. The number of carboxylic acids is 1. The summed E-state index contributed by atoms with van der Waals surface area (Å²) in [5.41, 5.74) is 0.431. The van der Waals surface area contributed by atoms with Gasteiger partial charge in [-0.25, -0.2) is 0 Å². The van der Waals surface area contributed by atoms with Gasteiger partial charge in [0.1, 0.15) is 0 Å². The van der Waals surface area contributed by atoms with Crippen LogP contribution in [0.2, 0.25) is 0 Å². The minimum absolute atomic E-state index is 0.0680. The number of aliphatic carboxylic acids is 1. The maximum absolute atomic E-state index is 12.9. The van der Waals surface area contributed by atoms with Crippen molar-refractivity contribution in [1.82, 2.24) is 15.1 Å². The first-order chi connectivity index (χ1) is 13.0. The smallest absolute Gasteiger partial charge is 0.307 e. The number of aromatic nitrogens is 2. The lowest BCUT2D eigenvalue weighted by molar-refractivity contribution is -0.148. The predicted octanol–water partition coefficient (Wildman–Crippen LogP) is 0.965. The Morgan fingerprint density at radius 1 is 1.30 bits per heavy atom. The zero-order valence-electron chi connectivity index (χ0n) is 15.6. The van der Waals surface area contributed by atoms with Crippen molar-refractivity contribution >= 4 is 23.5 Å². The van der Waals surface area contributed by atoms with Gasteiger partial charge < -0.3 is 20.5 Å². The number of nitrogens with zero attached hydrogens (tertiary/aromatic N) is 2. The molecule has 9 heteroatoms. The number of nitrogens with one attached hydrogen (secondary N) is 2. The van der Waals surface area contributed by atoms with E-state index >= 15 is 0 Å². The number of aryl methyl sites for hydroxylation is 1. The molecular weight excluding hydrogens is 352 g/mol. The van der Waals surface area contributed by atoms with Crippen LogP contribution in [-0.4, -0.2) is 52.9 Å². The number of carbonyl (C=O) groups is 3. The molecule has 1 aromatic rings. The molecule has 2 saturated carbocycles. The van der Waals surface area contributed by atoms with Crippen LogP contribution in [0.1, 0.15) is 36.7 Å². The van der Waals surface area contributed by atoms with Crippen LogP contribution in [0, 0.1) is 23.7 Å². The third kappa shape index (κ3) is 3.83. The Bertz CT molecular complexity index is 731. The highest BCUT2D eigenvalue weighted by Gasteiger charge is 2.54. The molecule has 148 valence electrons. The Labute approximate surface area is 157 Å². The fourth-order valence-electron chi connectivity index (χ4n) is 4.43. The summed E-state index contributed by atoms with van der Waals surface area (Å²) in [5, 5.41) is 19.2. The maximum atomic E-state index is 12.9. The molecule has 0 spiro atoms. The molecule has 2 fully saturated rings. The van der Waals surface area contributed by atoms with E-state index in [2.05, 4.69) is 15.7 Å². The monoisotopic (exact) mass is 378 g/mol. The minimum Gasteiger partial charge on any atom is -0.481 e. The molecule has 0 saturated heterocycles. The largest absolute Gasteiger partial charge is 0.481 e. The normalized spacial score (nSPS) is 26.1. The number of ether oxygens (including phenoxy) is 1. The van der Waals surface area contributed by atoms with Crippen molar-refractivity contribution in [3.63, 3.8) is 0 Å². The molecule has 2 amide bonds. The van der Waals surface area contributed by atoms with Crippen molar-refractivity contribution in [1.29, 1.82) is 0 Å². The molecular formula is C18H26N4O5. The number of anilines is 1. The molecule has 1 aromatic heterocycles. The molecule has 1 heterocycles. The van der Waals surface area contributed by atoms with Crippen molar-refractivity contribution in [2.75, 3.05) is 25.6 Å². The SMILES string of the molecule is CCn1cc(NC(=O)[C@H]2[C@H]3CC[C@@H](C3)[C@@H]2C(=O)O)c(C(=O)NCCOC)n1. The van der Waals surface area contributed by atoms with Crippen molar-refractivity contribution < 1.29 is 24.2 Å². The molecule has 0 unspecified atom stereocenters. The van der Waals surface area contributed by atoms with Gasteiger partial charge in [0.05, 0.1) is 24.1 Å². The van der Waals surface area contributed by atoms with E-state index in [0.717, 1.165) is 19.3 Å². The lowest BCUT2D eigenvalue weighted by atomic mass is 9.78. The van der Waals surface area contributed by atoms with Crippen LogP contribution in [0.25, 0.3) is 0 Å². The van der Waals surface area contributed by atoms with Crippen molar-refractivity contribution in [2.45, 2.75) is 32.7 Å². The standard InChI is InChI=1S/C18H26N4O5/c1-3-22-9-12(15(21-22)17(24)19-6-7-27-2)20-16(23)13-10-4-5-11(8-10)14(13)18(25)26/h9-11,13-14H,3-8H2,1-2H3,(H,19,24)(H,20,23)(H,25,26)/t10-,11-,13-,14-/m0/s1. The maximum Gasteiger partial charge on any atom is 0.307 e. The van der Waals surface area contributed by atoms with Gasteiger partial charge in [0.15, 0.2) is 5.69 Å². The van der Waals surface area contributed by atoms with Crippen LogP contribution in [0.5, 0.6) is 0 Å². The zero-order valence-corrected chi connectivity index (χ0v) is 15.6. The van der Waals surface area contributed by atoms with E-state index in [9.17, 15) is 19.5 Å². The van der Waals surface area contributed by atoms with E-state index in [4.69, 9.17) is 4.74 Å². The van der Waals surface area contributed by atoms with E-state index in [1.807, 2.05) is 6.92 Å². The number of hydrogen-bond donors (Lipinski definition) is 3. The lowest BCUT2D eigenvalue weighted by Crippen LogP contribution is -2.38. The fourth-order valence-corrected chi connectivity index (χ4v) is 4.43. The number of rotatable bonds is 8. The second-order valence-corrected chi connectivity index (χ2v) is 7.21. The molecule has 3 N–H and O–H groups in total. The lowest BCUT2D eigenvalue weighted by Gasteiger charge is -2.26. The van der Waals surface area contributed by atoms with Crippen molar-refractivity contribution in [2.24, 2.45) is 23.7 Å². The fraction of sp³-hybridized carbons (Fsp3) is 0.667. The average Bonchev–Trinajstić information content (AvgIpc) is 3.35. The van der Waals surface area contributed by atoms with E-state index < -0.39 is 23.7 Å². The van der Waals surface area contributed by atoms with Crippen LogP contribution >= 0.6 is 0 Å². The first-order valence-electron chi connectivity index (χ1n) is 9.34. The summed E-state index contributed by atoms with van der Waals surface area (Å²) >= 11 is 0. The first-order valence-corrected chi connectivity index (χ1v) is 9.34. The third-order valence-corrected chi connectivity index (χ3v) is 5.65. The van der Waals surface area contributed by atoms with Gasteiger partial charge >= 0.3 is 5.97 Å². The van der Waals surface area contributed by atoms with E-state index in [1.165, 1.54) is 7.11 Å². The van der Waals surface area contributed by atoms with Gasteiger partial charge in [-0.15, -0.1) is 0 Å². The zero-order chi connectivity index (χ0) is 19.6. The number of methoxy groups -OCH3 is 1. The number of amides is 2. The molecule has 0 aliphatic heterocycles. The Morgan fingerprint density at radius 3 is 2.63 bits per heavy atom. The molecule has 9 nitrogen and oxygen atoms in total. The van der Waals surface area contributed by atoms with Gasteiger partial charge in [0, 0.05) is 26.4 Å². The molecule has 0 radical (unpaired) electrons. The van der Waals surface area contributed by atoms with Crippen LogP contribution in [0.4, 0.5) is 5.69 Å². The molecule has 2 bridgehead atoms. The van der Waals surface area contributed by atoms with Crippen molar-refractivity contribution in [3.05, 3.63) is 11.9 Å². The van der Waals surface area contributed by atoms with Crippen molar-refractivity contribution in [3.8, 4) is 0 Å². The third-order valence-electron chi connectivity index (χ3n) is 5.65. The van der Waals surface area contributed by atoms with E-state index in [0.29, 0.717) is 25.4 Å². The molecule has 2 aliphatic rings. The summed E-state index contributed by atoms with van der Waals surface area (Å²) in [4.78, 5) is 36.9. The minimum atomic E-state index is -0.913. The van der Waals surface area contributed by atoms with E-state index in [1.54, 1.807) is 10.9 Å². The second kappa shape index (κ2) is 8.08. The summed E-state index contributed by atoms with van der Waals surface area (Å²) in [6.45, 7) is 3.12. The first kappa shape index (κ1) is 19.3. The van der Waals surface area contributed by atoms with Gasteiger partial charge in [0.2, 0.25) is 5.91 Å². The van der Waals surface area contributed by atoms with Gasteiger partial charge in [-0.2, -0.15) is 5.10 Å². The molecule has 2 aliphatic carbocycles. The van der Waals surface area contributed by atoms with Gasteiger partial charge in [-0.1, -0.05) is 0 Å². The second-order valence-electron chi connectivity index (χ2n) is 7.21. The van der Waals surface area contributed by atoms with Gasteiger partial charge in [-0.05, 0) is 38.0 Å².